The third kappa shape index (κ3) is 2.70. The average molecular weight is 254 g/mol. The largest absolute Gasteiger partial charge is 0.367 e. The second kappa shape index (κ2) is 5.73. The molecule has 1 aliphatic rings. The Morgan fingerprint density at radius 2 is 2.00 bits per heavy atom. The van der Waals surface area contributed by atoms with Crippen LogP contribution in [-0.4, -0.2) is 37.1 Å². The number of nitriles is 2. The van der Waals surface area contributed by atoms with Crippen LogP contribution in [0.1, 0.15) is 18.9 Å². The molecular weight excluding hydrogens is 236 g/mol. The van der Waals surface area contributed by atoms with Crippen LogP contribution >= 0.6 is 0 Å². The van der Waals surface area contributed by atoms with E-state index in [1.54, 1.807) is 0 Å². The van der Waals surface area contributed by atoms with Crippen LogP contribution in [0.25, 0.3) is 0 Å². The highest BCUT2D eigenvalue weighted by atomic mass is 15.3. The highest BCUT2D eigenvalue weighted by Crippen LogP contribution is 2.25. The van der Waals surface area contributed by atoms with Crippen LogP contribution < -0.4 is 4.90 Å². The van der Waals surface area contributed by atoms with Gasteiger partial charge in [0.2, 0.25) is 0 Å². The minimum absolute atomic E-state index is 0.223. The normalized spacial score (nSPS) is 23.7. The number of benzene rings is 1. The molecule has 4 nitrogen and oxygen atoms in total. The van der Waals surface area contributed by atoms with Crippen LogP contribution in [0.4, 0.5) is 5.69 Å². The number of hydrogen-bond acceptors (Lipinski definition) is 4. The first kappa shape index (κ1) is 13.4. The summed E-state index contributed by atoms with van der Waals surface area (Å²) in [6.45, 7) is 3.84. The van der Waals surface area contributed by atoms with E-state index < -0.39 is 0 Å². The molecule has 0 aliphatic carbocycles. The van der Waals surface area contributed by atoms with Crippen LogP contribution in [0.2, 0.25) is 0 Å². The molecule has 0 radical (unpaired) electrons. The lowest BCUT2D eigenvalue weighted by Gasteiger charge is -2.44. The standard InChI is InChI=1S/C15H18N4/c1-12-10-19(11-14(7-8-16)18(12)2)15-6-4-3-5-13(15)9-17/h3-6,12,14H,7,10-11H2,1-2H3. The second-order valence-corrected chi connectivity index (χ2v) is 5.06. The van der Waals surface area contributed by atoms with Crippen LogP contribution in [0.15, 0.2) is 24.3 Å². The first-order chi connectivity index (χ1) is 9.17. The predicted octanol–water partition coefficient (Wildman–Crippen LogP) is 1.98. The van der Waals surface area contributed by atoms with Crippen molar-refractivity contribution in [2.75, 3.05) is 25.0 Å². The molecule has 1 fully saturated rings. The lowest BCUT2D eigenvalue weighted by Crippen LogP contribution is -2.56. The number of likely N-dealkylation sites (N-methyl/N-ethyl adjacent to an activating group) is 1. The fourth-order valence-corrected chi connectivity index (χ4v) is 2.62. The van der Waals surface area contributed by atoms with E-state index in [2.05, 4.69) is 35.9 Å². The maximum Gasteiger partial charge on any atom is 0.101 e. The molecule has 1 heterocycles. The van der Waals surface area contributed by atoms with Gasteiger partial charge >= 0.3 is 0 Å². The number of para-hydroxylation sites is 1. The second-order valence-electron chi connectivity index (χ2n) is 5.06. The van der Waals surface area contributed by atoms with E-state index >= 15 is 0 Å². The molecular formula is C15H18N4. The number of hydrogen-bond donors (Lipinski definition) is 0. The zero-order valence-electron chi connectivity index (χ0n) is 11.4. The summed E-state index contributed by atoms with van der Waals surface area (Å²) >= 11 is 0. The number of rotatable bonds is 2. The molecule has 1 saturated heterocycles. The highest BCUT2D eigenvalue weighted by Gasteiger charge is 2.30. The van der Waals surface area contributed by atoms with E-state index in [0.717, 1.165) is 18.8 Å². The molecule has 2 unspecified atom stereocenters. The maximum atomic E-state index is 9.20. The van der Waals surface area contributed by atoms with Gasteiger partial charge in [0.1, 0.15) is 6.07 Å². The van der Waals surface area contributed by atoms with Crippen molar-refractivity contribution in [1.29, 1.82) is 10.5 Å². The molecule has 4 heteroatoms. The predicted molar refractivity (Wildman–Crippen MR) is 74.6 cm³/mol. The Kier molecular flexibility index (Phi) is 4.04. The summed E-state index contributed by atoms with van der Waals surface area (Å²) in [5.41, 5.74) is 1.68. The summed E-state index contributed by atoms with van der Waals surface area (Å²) in [7, 11) is 2.07. The van der Waals surface area contributed by atoms with E-state index in [1.807, 2.05) is 24.3 Å². The number of anilines is 1. The maximum absolute atomic E-state index is 9.20. The summed E-state index contributed by atoms with van der Waals surface area (Å²) in [6, 6.07) is 12.8. The molecule has 1 aromatic rings. The highest BCUT2D eigenvalue weighted by molar-refractivity contribution is 5.59. The van der Waals surface area contributed by atoms with Gasteiger partial charge in [-0.05, 0) is 26.1 Å². The van der Waals surface area contributed by atoms with Crippen LogP contribution in [0.5, 0.6) is 0 Å². The van der Waals surface area contributed by atoms with Crippen molar-refractivity contribution in [3.63, 3.8) is 0 Å². The first-order valence-corrected chi connectivity index (χ1v) is 6.50. The molecule has 1 aromatic carbocycles. The Balaban J connectivity index is 2.26. The fraction of sp³-hybridized carbons (Fsp3) is 0.467. The average Bonchev–Trinajstić information content (AvgIpc) is 2.43. The van der Waals surface area contributed by atoms with Gasteiger partial charge in [0.05, 0.1) is 23.7 Å². The summed E-state index contributed by atoms with van der Waals surface area (Å²) < 4.78 is 0. The van der Waals surface area contributed by atoms with Gasteiger partial charge in [0.25, 0.3) is 0 Å². The summed E-state index contributed by atoms with van der Waals surface area (Å²) in [4.78, 5) is 4.49. The molecule has 0 amide bonds. The van der Waals surface area contributed by atoms with Gasteiger partial charge in [-0.15, -0.1) is 0 Å². The smallest absolute Gasteiger partial charge is 0.101 e. The fourth-order valence-electron chi connectivity index (χ4n) is 2.62. The zero-order chi connectivity index (χ0) is 13.8. The summed E-state index contributed by atoms with van der Waals surface area (Å²) in [6.07, 6.45) is 0.520. The molecule has 0 spiro atoms. The molecule has 2 rings (SSSR count). The van der Waals surface area contributed by atoms with Gasteiger partial charge in [0, 0.05) is 25.2 Å². The van der Waals surface area contributed by atoms with Crippen LogP contribution in [0.3, 0.4) is 0 Å². The van der Waals surface area contributed by atoms with Crippen molar-refractivity contribution in [3.8, 4) is 12.1 Å². The number of piperazine rings is 1. The molecule has 19 heavy (non-hydrogen) atoms. The minimum Gasteiger partial charge on any atom is -0.367 e. The van der Waals surface area contributed by atoms with Gasteiger partial charge in [-0.2, -0.15) is 10.5 Å². The van der Waals surface area contributed by atoms with Crippen molar-refractivity contribution in [3.05, 3.63) is 29.8 Å². The molecule has 0 bridgehead atoms. The molecule has 2 atom stereocenters. The molecule has 1 aliphatic heterocycles. The van der Waals surface area contributed by atoms with E-state index in [0.29, 0.717) is 18.0 Å². The van der Waals surface area contributed by atoms with Gasteiger partial charge in [-0.25, -0.2) is 0 Å². The Labute approximate surface area is 114 Å². The van der Waals surface area contributed by atoms with E-state index in [-0.39, 0.29) is 6.04 Å². The van der Waals surface area contributed by atoms with Gasteiger partial charge in [-0.1, -0.05) is 12.1 Å². The lowest BCUT2D eigenvalue weighted by atomic mass is 10.0. The molecule has 0 saturated carbocycles. The third-order valence-electron chi connectivity index (χ3n) is 3.88. The Morgan fingerprint density at radius 1 is 1.26 bits per heavy atom. The van der Waals surface area contributed by atoms with Crippen molar-refractivity contribution < 1.29 is 0 Å². The quantitative estimate of drug-likeness (QED) is 0.809. The van der Waals surface area contributed by atoms with Gasteiger partial charge in [-0.3, -0.25) is 4.90 Å². The summed E-state index contributed by atoms with van der Waals surface area (Å²) in [5, 5.41) is 18.1. The third-order valence-corrected chi connectivity index (χ3v) is 3.88. The Bertz CT molecular complexity index is 526. The molecule has 0 aromatic heterocycles. The minimum atomic E-state index is 0.223. The molecule has 98 valence electrons. The van der Waals surface area contributed by atoms with Crippen molar-refractivity contribution >= 4 is 5.69 Å². The SMILES string of the molecule is CC1CN(c2ccccc2C#N)CC(CC#N)N1C. The van der Waals surface area contributed by atoms with E-state index in [1.165, 1.54) is 0 Å². The topological polar surface area (TPSA) is 54.1 Å². The Hall–Kier alpha value is -2.04. The first-order valence-electron chi connectivity index (χ1n) is 6.50. The van der Waals surface area contributed by atoms with E-state index in [4.69, 9.17) is 5.26 Å². The van der Waals surface area contributed by atoms with E-state index in [9.17, 15) is 5.26 Å². The van der Waals surface area contributed by atoms with Crippen LogP contribution in [0, 0.1) is 22.7 Å². The zero-order valence-corrected chi connectivity index (χ0v) is 11.4. The van der Waals surface area contributed by atoms with Crippen LogP contribution in [-0.2, 0) is 0 Å². The van der Waals surface area contributed by atoms with Gasteiger partial charge < -0.3 is 4.90 Å². The Morgan fingerprint density at radius 3 is 2.68 bits per heavy atom. The summed E-state index contributed by atoms with van der Waals surface area (Å²) in [5.74, 6) is 0. The monoisotopic (exact) mass is 254 g/mol. The lowest BCUT2D eigenvalue weighted by molar-refractivity contribution is 0.160. The number of nitrogens with zero attached hydrogens (tertiary/aromatic N) is 4. The molecule has 0 N–H and O–H groups in total. The van der Waals surface area contributed by atoms with Crippen molar-refractivity contribution in [2.45, 2.75) is 25.4 Å². The van der Waals surface area contributed by atoms with Crippen molar-refractivity contribution in [2.24, 2.45) is 0 Å². The van der Waals surface area contributed by atoms with Crippen molar-refractivity contribution in [1.82, 2.24) is 4.90 Å². The van der Waals surface area contributed by atoms with Gasteiger partial charge in [0.15, 0.2) is 0 Å².